The number of hydrogen-bond donors (Lipinski definition) is 1. The average Bonchev–Trinajstić information content (AvgIpc) is 3.30. The SMILES string of the molecule is Cc1cc2nc(-c3ccc4nn(C)cc4n3)sc2c(-c2ccc(Cl)cc2)c1CC(=O)O. The highest BCUT2D eigenvalue weighted by atomic mass is 35.5. The largest absolute Gasteiger partial charge is 0.481 e. The molecule has 0 amide bonds. The Labute approximate surface area is 186 Å². The van der Waals surface area contributed by atoms with Crippen molar-refractivity contribution < 1.29 is 9.90 Å². The minimum Gasteiger partial charge on any atom is -0.481 e. The lowest BCUT2D eigenvalue weighted by molar-refractivity contribution is -0.136. The van der Waals surface area contributed by atoms with Crippen LogP contribution in [-0.2, 0) is 18.3 Å². The molecule has 0 saturated carbocycles. The van der Waals surface area contributed by atoms with Crippen LogP contribution in [0.5, 0.6) is 0 Å². The molecule has 0 aliphatic rings. The van der Waals surface area contributed by atoms with Crippen LogP contribution in [0.2, 0.25) is 5.02 Å². The molecule has 0 radical (unpaired) electrons. The van der Waals surface area contributed by atoms with Crippen molar-refractivity contribution >= 4 is 50.2 Å². The Morgan fingerprint density at radius 2 is 1.87 bits per heavy atom. The first-order chi connectivity index (χ1) is 14.9. The van der Waals surface area contributed by atoms with Gasteiger partial charge in [-0.15, -0.1) is 11.3 Å². The van der Waals surface area contributed by atoms with Gasteiger partial charge in [-0.3, -0.25) is 9.48 Å². The summed E-state index contributed by atoms with van der Waals surface area (Å²) in [5.74, 6) is -0.869. The number of thiazole rings is 1. The first kappa shape index (κ1) is 19.7. The highest BCUT2D eigenvalue weighted by Gasteiger charge is 2.20. The van der Waals surface area contributed by atoms with Gasteiger partial charge >= 0.3 is 5.97 Å². The second kappa shape index (κ2) is 7.44. The maximum atomic E-state index is 11.6. The number of pyridine rings is 1. The van der Waals surface area contributed by atoms with E-state index in [4.69, 9.17) is 21.6 Å². The first-order valence-corrected chi connectivity index (χ1v) is 10.8. The summed E-state index contributed by atoms with van der Waals surface area (Å²) < 4.78 is 2.67. The van der Waals surface area contributed by atoms with E-state index in [2.05, 4.69) is 5.10 Å². The number of fused-ring (bicyclic) bond motifs is 2. The second-order valence-corrected chi connectivity index (χ2v) is 8.83. The van der Waals surface area contributed by atoms with Crippen molar-refractivity contribution in [1.82, 2.24) is 19.7 Å². The van der Waals surface area contributed by atoms with Gasteiger partial charge in [0.05, 0.1) is 28.5 Å². The number of aromatic nitrogens is 4. The Morgan fingerprint density at radius 3 is 2.61 bits per heavy atom. The second-order valence-electron chi connectivity index (χ2n) is 7.40. The lowest BCUT2D eigenvalue weighted by Gasteiger charge is -2.13. The Kier molecular flexibility index (Phi) is 4.72. The summed E-state index contributed by atoms with van der Waals surface area (Å²) in [4.78, 5) is 21.2. The van der Waals surface area contributed by atoms with Crippen molar-refractivity contribution in [3.05, 3.63) is 64.8 Å². The van der Waals surface area contributed by atoms with E-state index in [0.29, 0.717) is 5.02 Å². The number of halogens is 1. The minimum atomic E-state index is -0.869. The van der Waals surface area contributed by atoms with Gasteiger partial charge in [0.25, 0.3) is 0 Å². The van der Waals surface area contributed by atoms with E-state index in [-0.39, 0.29) is 6.42 Å². The van der Waals surface area contributed by atoms with Crippen LogP contribution in [0.4, 0.5) is 0 Å². The van der Waals surface area contributed by atoms with Crippen LogP contribution in [0, 0.1) is 6.92 Å². The molecule has 0 unspecified atom stereocenters. The van der Waals surface area contributed by atoms with Crippen LogP contribution < -0.4 is 0 Å². The zero-order valence-electron chi connectivity index (χ0n) is 16.8. The molecule has 154 valence electrons. The molecule has 0 spiro atoms. The molecule has 5 aromatic rings. The molecule has 0 fully saturated rings. The van der Waals surface area contributed by atoms with E-state index in [1.807, 2.05) is 62.6 Å². The molecule has 0 aliphatic heterocycles. The number of aryl methyl sites for hydroxylation is 2. The molecule has 0 atom stereocenters. The van der Waals surface area contributed by atoms with Gasteiger partial charge in [-0.05, 0) is 53.9 Å². The third kappa shape index (κ3) is 3.56. The summed E-state index contributed by atoms with van der Waals surface area (Å²) >= 11 is 7.60. The van der Waals surface area contributed by atoms with Crippen LogP contribution in [0.15, 0.2) is 48.7 Å². The van der Waals surface area contributed by atoms with Gasteiger partial charge in [-0.2, -0.15) is 5.10 Å². The maximum absolute atomic E-state index is 11.6. The number of carboxylic acid groups (broad SMARTS) is 1. The molecule has 31 heavy (non-hydrogen) atoms. The van der Waals surface area contributed by atoms with Gasteiger partial charge in [0.1, 0.15) is 16.0 Å². The minimum absolute atomic E-state index is 0.0626. The van der Waals surface area contributed by atoms with Gasteiger partial charge in [-0.25, -0.2) is 9.97 Å². The lowest BCUT2D eigenvalue weighted by Crippen LogP contribution is -2.04. The fraction of sp³-hybridized carbons (Fsp3) is 0.130. The van der Waals surface area contributed by atoms with Crippen molar-refractivity contribution in [2.45, 2.75) is 13.3 Å². The number of nitrogens with zero attached hydrogens (tertiary/aromatic N) is 4. The van der Waals surface area contributed by atoms with E-state index >= 15 is 0 Å². The van der Waals surface area contributed by atoms with Gasteiger partial charge in [0, 0.05) is 17.6 Å². The number of benzene rings is 2. The van der Waals surface area contributed by atoms with Crippen molar-refractivity contribution in [1.29, 1.82) is 0 Å². The molecule has 3 heterocycles. The van der Waals surface area contributed by atoms with E-state index in [9.17, 15) is 9.90 Å². The lowest BCUT2D eigenvalue weighted by atomic mass is 9.93. The summed E-state index contributed by atoms with van der Waals surface area (Å²) in [6.45, 7) is 1.93. The summed E-state index contributed by atoms with van der Waals surface area (Å²) in [6, 6.07) is 13.3. The maximum Gasteiger partial charge on any atom is 0.307 e. The predicted molar refractivity (Wildman–Crippen MR) is 124 cm³/mol. The van der Waals surface area contributed by atoms with Crippen LogP contribution in [0.25, 0.3) is 43.1 Å². The zero-order valence-corrected chi connectivity index (χ0v) is 18.3. The number of carbonyl (C=O) groups is 1. The van der Waals surface area contributed by atoms with Crippen LogP contribution in [0.1, 0.15) is 11.1 Å². The van der Waals surface area contributed by atoms with Crippen molar-refractivity contribution in [3.8, 4) is 21.8 Å². The summed E-state index contributed by atoms with van der Waals surface area (Å²) in [7, 11) is 1.87. The van der Waals surface area contributed by atoms with Gasteiger partial charge < -0.3 is 5.11 Å². The number of aliphatic carboxylic acids is 1. The molecule has 8 heteroatoms. The van der Waals surface area contributed by atoms with Crippen molar-refractivity contribution in [2.24, 2.45) is 7.05 Å². The Bertz CT molecular complexity index is 1470. The van der Waals surface area contributed by atoms with Gasteiger partial charge in [0.15, 0.2) is 0 Å². The molecule has 1 N–H and O–H groups in total. The third-order valence-electron chi connectivity index (χ3n) is 5.17. The monoisotopic (exact) mass is 448 g/mol. The molecule has 6 nitrogen and oxygen atoms in total. The van der Waals surface area contributed by atoms with Gasteiger partial charge in [0.2, 0.25) is 0 Å². The average molecular weight is 449 g/mol. The number of rotatable bonds is 4. The first-order valence-electron chi connectivity index (χ1n) is 9.60. The summed E-state index contributed by atoms with van der Waals surface area (Å²) in [5.41, 5.74) is 6.71. The van der Waals surface area contributed by atoms with Crippen LogP contribution in [-0.4, -0.2) is 30.8 Å². The molecule has 0 saturated heterocycles. The fourth-order valence-corrected chi connectivity index (χ4v) is 5.02. The van der Waals surface area contributed by atoms with Gasteiger partial charge in [-0.1, -0.05) is 23.7 Å². The van der Waals surface area contributed by atoms with Crippen molar-refractivity contribution in [3.63, 3.8) is 0 Å². The van der Waals surface area contributed by atoms with E-state index in [1.54, 1.807) is 4.68 Å². The fourth-order valence-electron chi connectivity index (χ4n) is 3.79. The van der Waals surface area contributed by atoms with E-state index in [0.717, 1.165) is 54.2 Å². The van der Waals surface area contributed by atoms with E-state index < -0.39 is 5.97 Å². The smallest absolute Gasteiger partial charge is 0.307 e. The number of carboxylic acids is 1. The van der Waals surface area contributed by atoms with Crippen LogP contribution >= 0.6 is 22.9 Å². The molecule has 2 aromatic carbocycles. The summed E-state index contributed by atoms with van der Waals surface area (Å²) in [5, 5.41) is 15.3. The molecule has 3 aromatic heterocycles. The highest BCUT2D eigenvalue weighted by molar-refractivity contribution is 7.22. The summed E-state index contributed by atoms with van der Waals surface area (Å²) in [6.07, 6.45) is 1.81. The van der Waals surface area contributed by atoms with Crippen molar-refractivity contribution in [2.75, 3.05) is 0 Å². The standard InChI is InChI=1S/C23H17ClN4O2S/c1-12-9-18-22(21(15(12)10-20(29)30)13-3-5-14(24)6-4-13)31-23(26-18)17-8-7-16-19(25-17)11-28(2)27-16/h3-9,11H,10H2,1-2H3,(H,29,30). The normalized spacial score (nSPS) is 11.5. The molecular weight excluding hydrogens is 432 g/mol. The molecule has 5 rings (SSSR count). The van der Waals surface area contributed by atoms with Crippen LogP contribution in [0.3, 0.4) is 0 Å². The Morgan fingerprint density at radius 1 is 1.10 bits per heavy atom. The van der Waals surface area contributed by atoms with E-state index in [1.165, 1.54) is 11.3 Å². The highest BCUT2D eigenvalue weighted by Crippen LogP contribution is 2.40. The Balaban J connectivity index is 1.75. The Hall–Kier alpha value is -3.29. The quantitative estimate of drug-likeness (QED) is 0.392. The molecular formula is C23H17ClN4O2S. The zero-order chi connectivity index (χ0) is 21.7. The number of hydrogen-bond acceptors (Lipinski definition) is 5. The third-order valence-corrected chi connectivity index (χ3v) is 6.53. The molecule has 0 aliphatic carbocycles. The topological polar surface area (TPSA) is 80.9 Å². The molecule has 0 bridgehead atoms. The predicted octanol–water partition coefficient (Wildman–Crippen LogP) is 5.50.